The van der Waals surface area contributed by atoms with E-state index in [1.807, 2.05) is 0 Å². The Bertz CT molecular complexity index is 3910. The Morgan fingerprint density at radius 1 is 0.292 bits per heavy atom. The Balaban J connectivity index is 0.916. The predicted molar refractivity (Wildman–Crippen MR) is 274 cm³/mol. The number of furan rings is 1. The summed E-state index contributed by atoms with van der Waals surface area (Å²) in [5, 5.41) is 9.54. The summed E-state index contributed by atoms with van der Waals surface area (Å²) in [5.74, 6) is 0. The molecule has 0 atom stereocenters. The number of rotatable bonds is 7. The lowest BCUT2D eigenvalue weighted by Gasteiger charge is -2.27. The van der Waals surface area contributed by atoms with Crippen LogP contribution in [0.5, 0.6) is 0 Å². The zero-order valence-corrected chi connectivity index (χ0v) is 35.4. The molecule has 0 N–H and O–H groups in total. The molecule has 0 spiro atoms. The smallest absolute Gasteiger partial charge is 0.143 e. The molecule has 0 fully saturated rings. The quantitative estimate of drug-likeness (QED) is 0.160. The van der Waals surface area contributed by atoms with Gasteiger partial charge in [0.15, 0.2) is 0 Å². The average Bonchev–Trinajstić information content (AvgIpc) is 3.93. The van der Waals surface area contributed by atoms with E-state index in [2.05, 4.69) is 252 Å². The molecule has 0 aliphatic rings. The number of aromatic nitrogens is 1. The van der Waals surface area contributed by atoms with Crippen molar-refractivity contribution in [1.29, 1.82) is 0 Å². The van der Waals surface area contributed by atoms with Crippen LogP contribution in [0.1, 0.15) is 0 Å². The molecule has 3 heteroatoms. The van der Waals surface area contributed by atoms with E-state index in [-0.39, 0.29) is 0 Å². The van der Waals surface area contributed by atoms with Gasteiger partial charge in [-0.3, -0.25) is 0 Å². The number of hydrogen-bond donors (Lipinski definition) is 0. The predicted octanol–water partition coefficient (Wildman–Crippen LogP) is 17.5. The summed E-state index contributed by atoms with van der Waals surface area (Å²) in [4.78, 5) is 2.38. The van der Waals surface area contributed by atoms with E-state index in [0.717, 1.165) is 77.9 Å². The maximum Gasteiger partial charge on any atom is 0.143 e. The van der Waals surface area contributed by atoms with E-state index >= 15 is 0 Å². The summed E-state index contributed by atoms with van der Waals surface area (Å²) in [7, 11) is 0. The fraction of sp³-hybridized carbons (Fsp3) is 0. The Kier molecular flexibility index (Phi) is 8.53. The SMILES string of the molecule is c1cc(-c2ccc3ccccc3c2)cc(N(c2ccc(-c3cccc(-n4c5ccccc5c5ccccc54)c3)cc2)c2cccc(-c3ccc4oc5c6ccccc6ccc5c4c3)c2)c1. The lowest BCUT2D eigenvalue weighted by Crippen LogP contribution is -2.10. The highest BCUT2D eigenvalue weighted by molar-refractivity contribution is 6.15. The van der Waals surface area contributed by atoms with Gasteiger partial charge in [0.05, 0.1) is 11.0 Å². The first-order valence-corrected chi connectivity index (χ1v) is 22.2. The van der Waals surface area contributed by atoms with E-state index in [4.69, 9.17) is 4.42 Å². The molecule has 3 nitrogen and oxygen atoms in total. The Morgan fingerprint density at radius 3 is 1.55 bits per heavy atom. The number of para-hydroxylation sites is 2. The minimum absolute atomic E-state index is 0.893. The largest absolute Gasteiger partial charge is 0.455 e. The zero-order valence-electron chi connectivity index (χ0n) is 35.4. The van der Waals surface area contributed by atoms with Crippen LogP contribution in [0, 0.1) is 0 Å². The van der Waals surface area contributed by atoms with Crippen LogP contribution in [0.3, 0.4) is 0 Å². The van der Waals surface area contributed by atoms with Gasteiger partial charge < -0.3 is 13.9 Å². The molecular weight excluding hydrogens is 789 g/mol. The van der Waals surface area contributed by atoms with Gasteiger partial charge in [0, 0.05) is 49.7 Å². The number of benzene rings is 11. The van der Waals surface area contributed by atoms with Crippen molar-refractivity contribution in [2.45, 2.75) is 0 Å². The van der Waals surface area contributed by atoms with Gasteiger partial charge in [-0.2, -0.15) is 0 Å². The number of hydrogen-bond acceptors (Lipinski definition) is 2. The summed E-state index contributed by atoms with van der Waals surface area (Å²) >= 11 is 0. The normalized spacial score (nSPS) is 11.7. The highest BCUT2D eigenvalue weighted by atomic mass is 16.3. The molecule has 2 heterocycles. The lowest BCUT2D eigenvalue weighted by atomic mass is 9.99. The summed E-state index contributed by atoms with van der Waals surface area (Å²) < 4.78 is 8.88. The molecule has 0 unspecified atom stereocenters. The molecule has 0 saturated heterocycles. The number of nitrogens with zero attached hydrogens (tertiary/aromatic N) is 2. The van der Waals surface area contributed by atoms with Crippen LogP contribution < -0.4 is 4.90 Å². The van der Waals surface area contributed by atoms with E-state index in [0.29, 0.717) is 0 Å². The van der Waals surface area contributed by atoms with Crippen LogP contribution in [-0.4, -0.2) is 4.57 Å². The van der Waals surface area contributed by atoms with Gasteiger partial charge in [-0.05, 0) is 134 Å². The van der Waals surface area contributed by atoms with Crippen LogP contribution in [0.25, 0.3) is 104 Å². The molecule has 304 valence electrons. The maximum absolute atomic E-state index is 6.50. The second kappa shape index (κ2) is 15.0. The van der Waals surface area contributed by atoms with Crippen LogP contribution >= 0.6 is 0 Å². The summed E-state index contributed by atoms with van der Waals surface area (Å²) in [6.07, 6.45) is 0. The zero-order chi connectivity index (χ0) is 42.8. The molecule has 0 saturated carbocycles. The van der Waals surface area contributed by atoms with Crippen LogP contribution in [0.4, 0.5) is 17.1 Å². The first-order valence-electron chi connectivity index (χ1n) is 22.2. The fourth-order valence-corrected chi connectivity index (χ4v) is 9.98. The van der Waals surface area contributed by atoms with Crippen molar-refractivity contribution in [2.75, 3.05) is 4.90 Å². The van der Waals surface area contributed by atoms with E-state index in [1.165, 1.54) is 43.5 Å². The van der Waals surface area contributed by atoms with Crippen molar-refractivity contribution in [3.8, 4) is 39.1 Å². The third kappa shape index (κ3) is 6.28. The van der Waals surface area contributed by atoms with Crippen molar-refractivity contribution in [2.24, 2.45) is 0 Å². The van der Waals surface area contributed by atoms with Gasteiger partial charge in [0.25, 0.3) is 0 Å². The van der Waals surface area contributed by atoms with Crippen LogP contribution in [0.15, 0.2) is 247 Å². The van der Waals surface area contributed by atoms with E-state index in [9.17, 15) is 0 Å². The third-order valence-corrected chi connectivity index (χ3v) is 13.1. The van der Waals surface area contributed by atoms with Gasteiger partial charge in [-0.25, -0.2) is 0 Å². The summed E-state index contributed by atoms with van der Waals surface area (Å²) in [6, 6.07) is 87.8. The molecular formula is C62H40N2O. The minimum Gasteiger partial charge on any atom is -0.455 e. The van der Waals surface area contributed by atoms with Gasteiger partial charge in [0.2, 0.25) is 0 Å². The first-order chi connectivity index (χ1) is 32.2. The average molecular weight is 829 g/mol. The van der Waals surface area contributed by atoms with Crippen LogP contribution in [0.2, 0.25) is 0 Å². The molecule has 0 bridgehead atoms. The Labute approximate surface area is 376 Å². The van der Waals surface area contributed by atoms with Gasteiger partial charge in [0.1, 0.15) is 11.2 Å². The molecule has 13 rings (SSSR count). The second-order valence-electron chi connectivity index (χ2n) is 16.9. The highest BCUT2D eigenvalue weighted by Gasteiger charge is 2.18. The maximum atomic E-state index is 6.50. The molecule has 11 aromatic carbocycles. The lowest BCUT2D eigenvalue weighted by molar-refractivity contribution is 0.672. The standard InChI is InChI=1S/C62H40N2O/c1-2-14-44-36-48(27-26-41(44)12-1)46-16-10-18-51(38-46)63(52-19-11-17-47(39-52)49-31-35-61-58(40-49)57-34-30-43-13-3-4-21-54(43)62(57)65-61)50-32-28-42(29-33-50)45-15-9-20-53(37-45)64-59-24-7-5-22-55(59)56-23-6-8-25-60(56)64/h1-40H. The van der Waals surface area contributed by atoms with Crippen molar-refractivity contribution in [1.82, 2.24) is 4.57 Å². The minimum atomic E-state index is 0.893. The highest BCUT2D eigenvalue weighted by Crippen LogP contribution is 2.42. The first kappa shape index (κ1) is 36.9. The van der Waals surface area contributed by atoms with Gasteiger partial charge in [-0.15, -0.1) is 0 Å². The van der Waals surface area contributed by atoms with Gasteiger partial charge >= 0.3 is 0 Å². The third-order valence-electron chi connectivity index (χ3n) is 13.1. The number of anilines is 3. The summed E-state index contributed by atoms with van der Waals surface area (Å²) in [5.41, 5.74) is 15.5. The molecule has 0 aliphatic heterocycles. The van der Waals surface area contributed by atoms with Crippen LogP contribution in [-0.2, 0) is 0 Å². The molecule has 0 amide bonds. The fourth-order valence-electron chi connectivity index (χ4n) is 9.98. The van der Waals surface area contributed by atoms with Crippen molar-refractivity contribution in [3.05, 3.63) is 243 Å². The molecule has 0 radical (unpaired) electrons. The monoisotopic (exact) mass is 828 g/mol. The van der Waals surface area contributed by atoms with E-state index in [1.54, 1.807) is 0 Å². The van der Waals surface area contributed by atoms with Crippen molar-refractivity contribution in [3.63, 3.8) is 0 Å². The molecule has 0 aliphatic carbocycles. The van der Waals surface area contributed by atoms with Gasteiger partial charge in [-0.1, -0.05) is 158 Å². The molecule has 2 aromatic heterocycles. The van der Waals surface area contributed by atoms with Crippen molar-refractivity contribution >= 4 is 82.4 Å². The molecule has 13 aromatic rings. The van der Waals surface area contributed by atoms with Crippen molar-refractivity contribution < 1.29 is 4.42 Å². The topological polar surface area (TPSA) is 21.3 Å². The molecule has 65 heavy (non-hydrogen) atoms. The summed E-state index contributed by atoms with van der Waals surface area (Å²) in [6.45, 7) is 0. The van der Waals surface area contributed by atoms with E-state index < -0.39 is 0 Å². The second-order valence-corrected chi connectivity index (χ2v) is 16.9. The number of fused-ring (bicyclic) bond motifs is 9. The Morgan fingerprint density at radius 2 is 0.831 bits per heavy atom. The Hall–Kier alpha value is -8.66.